The van der Waals surface area contributed by atoms with Crippen molar-refractivity contribution in [1.82, 2.24) is 35.2 Å². The second kappa shape index (κ2) is 10.1. The number of hydrogen-bond donors (Lipinski definition) is 2. The van der Waals surface area contributed by atoms with Gasteiger partial charge in [0.25, 0.3) is 5.91 Å². The summed E-state index contributed by atoms with van der Waals surface area (Å²) in [5, 5.41) is 18.4. The van der Waals surface area contributed by atoms with Crippen molar-refractivity contribution >= 4 is 11.6 Å². The molecule has 0 aliphatic carbocycles. The van der Waals surface area contributed by atoms with E-state index < -0.39 is 5.82 Å². The van der Waals surface area contributed by atoms with E-state index in [1.165, 1.54) is 12.4 Å². The van der Waals surface area contributed by atoms with Crippen molar-refractivity contribution in [3.63, 3.8) is 0 Å². The second-order valence-corrected chi connectivity index (χ2v) is 7.87. The number of rotatable bonds is 8. The third-order valence-corrected chi connectivity index (χ3v) is 5.48. The molecule has 0 aliphatic heterocycles. The third kappa shape index (κ3) is 4.94. The van der Waals surface area contributed by atoms with Gasteiger partial charge >= 0.3 is 0 Å². The van der Waals surface area contributed by atoms with Crippen molar-refractivity contribution in [1.29, 1.82) is 0 Å². The summed E-state index contributed by atoms with van der Waals surface area (Å²) in [4.78, 5) is 20.8. The molecular formula is C25H21FN8O2. The van der Waals surface area contributed by atoms with Gasteiger partial charge in [0.1, 0.15) is 23.5 Å². The first kappa shape index (κ1) is 22.8. The van der Waals surface area contributed by atoms with Crippen LogP contribution >= 0.6 is 0 Å². The van der Waals surface area contributed by atoms with Crippen molar-refractivity contribution in [2.45, 2.75) is 13.1 Å². The highest BCUT2D eigenvalue weighted by Crippen LogP contribution is 2.23. The molecule has 3 aromatic heterocycles. The molecule has 0 saturated carbocycles. The summed E-state index contributed by atoms with van der Waals surface area (Å²) in [5.41, 5.74) is 2.69. The van der Waals surface area contributed by atoms with E-state index in [4.69, 9.17) is 4.52 Å². The maximum Gasteiger partial charge on any atom is 0.251 e. The van der Waals surface area contributed by atoms with Crippen LogP contribution in [0.1, 0.15) is 21.9 Å². The monoisotopic (exact) mass is 484 g/mol. The van der Waals surface area contributed by atoms with Gasteiger partial charge in [0.2, 0.25) is 0 Å². The maximum absolute atomic E-state index is 14.0. The molecule has 180 valence electrons. The fraction of sp³-hybridized carbons (Fsp3) is 0.120. The summed E-state index contributed by atoms with van der Waals surface area (Å²) in [5.74, 6) is 0.956. The average molecular weight is 484 g/mol. The van der Waals surface area contributed by atoms with Gasteiger partial charge in [-0.1, -0.05) is 23.4 Å². The van der Waals surface area contributed by atoms with Crippen LogP contribution in [0, 0.1) is 5.82 Å². The fourth-order valence-electron chi connectivity index (χ4n) is 3.57. The van der Waals surface area contributed by atoms with Gasteiger partial charge in [-0.15, -0.1) is 10.2 Å². The smallest absolute Gasteiger partial charge is 0.251 e. The van der Waals surface area contributed by atoms with Crippen LogP contribution in [0.3, 0.4) is 0 Å². The lowest BCUT2D eigenvalue weighted by atomic mass is 10.1. The number of hydrogen-bond acceptors (Lipinski definition) is 8. The normalized spacial score (nSPS) is 10.8. The van der Waals surface area contributed by atoms with E-state index in [0.717, 1.165) is 5.69 Å². The Morgan fingerprint density at radius 3 is 2.78 bits per heavy atom. The fourth-order valence-corrected chi connectivity index (χ4v) is 3.57. The molecule has 5 aromatic rings. The van der Waals surface area contributed by atoms with Gasteiger partial charge in [-0.2, -0.15) is 0 Å². The molecule has 2 N–H and O–H groups in total. The lowest BCUT2D eigenvalue weighted by molar-refractivity contribution is 0.0950. The summed E-state index contributed by atoms with van der Waals surface area (Å²) in [7, 11) is 1.86. The first-order chi connectivity index (χ1) is 17.6. The zero-order valence-corrected chi connectivity index (χ0v) is 19.2. The molecule has 10 nitrogen and oxygen atoms in total. The van der Waals surface area contributed by atoms with Gasteiger partial charge in [-0.25, -0.2) is 14.4 Å². The molecular weight excluding hydrogens is 463 g/mol. The Morgan fingerprint density at radius 1 is 1.06 bits per heavy atom. The van der Waals surface area contributed by atoms with Crippen LogP contribution in [0.2, 0.25) is 0 Å². The van der Waals surface area contributed by atoms with Crippen LogP contribution in [0.25, 0.3) is 22.8 Å². The van der Waals surface area contributed by atoms with E-state index in [1.807, 2.05) is 17.7 Å². The lowest BCUT2D eigenvalue weighted by Crippen LogP contribution is -2.23. The molecule has 11 heteroatoms. The predicted octanol–water partition coefficient (Wildman–Crippen LogP) is 3.61. The molecule has 0 saturated heterocycles. The number of amides is 1. The van der Waals surface area contributed by atoms with Crippen molar-refractivity contribution in [2.75, 3.05) is 5.32 Å². The minimum absolute atomic E-state index is 0.138. The number of carbonyl (C=O) groups excluding carboxylic acids is 1. The molecule has 0 bridgehead atoms. The molecule has 0 fully saturated rings. The van der Waals surface area contributed by atoms with Gasteiger partial charge in [-0.05, 0) is 36.4 Å². The third-order valence-electron chi connectivity index (χ3n) is 5.48. The van der Waals surface area contributed by atoms with Crippen LogP contribution in [0.5, 0.6) is 0 Å². The number of benzene rings is 2. The van der Waals surface area contributed by atoms with Crippen LogP contribution in [-0.2, 0) is 20.1 Å². The van der Waals surface area contributed by atoms with Crippen molar-refractivity contribution in [3.05, 3.63) is 96.1 Å². The highest BCUT2D eigenvalue weighted by atomic mass is 19.1. The summed E-state index contributed by atoms with van der Waals surface area (Å²) in [6.07, 6.45) is 3.11. The Morgan fingerprint density at radius 2 is 1.94 bits per heavy atom. The Hall–Kier alpha value is -4.93. The molecule has 2 aromatic carbocycles. The van der Waals surface area contributed by atoms with Gasteiger partial charge in [-0.3, -0.25) is 4.79 Å². The van der Waals surface area contributed by atoms with Gasteiger partial charge < -0.3 is 19.7 Å². The number of nitrogens with one attached hydrogen (secondary N) is 2. The van der Waals surface area contributed by atoms with Gasteiger partial charge in [0.15, 0.2) is 17.4 Å². The van der Waals surface area contributed by atoms with E-state index in [9.17, 15) is 9.18 Å². The van der Waals surface area contributed by atoms with Crippen molar-refractivity contribution < 1.29 is 13.7 Å². The minimum Gasteiger partial charge on any atom is -0.378 e. The Labute approximate surface area is 205 Å². The number of carbonyl (C=O) groups is 1. The number of halogens is 1. The molecule has 36 heavy (non-hydrogen) atoms. The maximum atomic E-state index is 14.0. The largest absolute Gasteiger partial charge is 0.378 e. The van der Waals surface area contributed by atoms with Crippen molar-refractivity contribution in [3.8, 4) is 22.8 Å². The molecule has 0 atom stereocenters. The molecule has 5 rings (SSSR count). The van der Waals surface area contributed by atoms with E-state index in [1.54, 1.807) is 54.7 Å². The number of anilines is 1. The van der Waals surface area contributed by atoms with Crippen LogP contribution < -0.4 is 10.6 Å². The van der Waals surface area contributed by atoms with Crippen molar-refractivity contribution in [2.24, 2.45) is 7.05 Å². The highest BCUT2D eigenvalue weighted by Gasteiger charge is 2.14. The Balaban J connectivity index is 1.20. The van der Waals surface area contributed by atoms with E-state index in [2.05, 4.69) is 36.0 Å². The summed E-state index contributed by atoms with van der Waals surface area (Å²) in [6, 6.07) is 16.7. The SMILES string of the molecule is Cn1c(CNc2cccc(C(=O)NCc3cc(-c4ccccc4F)on3)c2)nnc1-c1ccncn1. The highest BCUT2D eigenvalue weighted by molar-refractivity contribution is 5.95. The minimum atomic E-state index is -0.403. The number of nitrogens with zero attached hydrogens (tertiary/aromatic N) is 6. The van der Waals surface area contributed by atoms with Crippen LogP contribution in [0.15, 0.2) is 77.7 Å². The topological polar surface area (TPSA) is 124 Å². The Kier molecular flexibility index (Phi) is 6.43. The first-order valence-electron chi connectivity index (χ1n) is 11.1. The lowest BCUT2D eigenvalue weighted by Gasteiger charge is -2.09. The summed E-state index contributed by atoms with van der Waals surface area (Å²) in [6.45, 7) is 0.538. The van der Waals surface area contributed by atoms with E-state index >= 15 is 0 Å². The first-order valence-corrected chi connectivity index (χ1v) is 11.1. The Bertz CT molecular complexity index is 1500. The van der Waals surface area contributed by atoms with E-state index in [0.29, 0.717) is 46.5 Å². The van der Waals surface area contributed by atoms with Gasteiger partial charge in [0, 0.05) is 30.6 Å². The average Bonchev–Trinajstić information content (AvgIpc) is 3.53. The van der Waals surface area contributed by atoms with Crippen LogP contribution in [0.4, 0.5) is 10.1 Å². The number of aromatic nitrogens is 6. The zero-order valence-electron chi connectivity index (χ0n) is 19.2. The zero-order chi connectivity index (χ0) is 24.9. The molecule has 0 aliphatic rings. The summed E-state index contributed by atoms with van der Waals surface area (Å²) < 4.78 is 21.0. The molecule has 0 spiro atoms. The van der Waals surface area contributed by atoms with E-state index in [-0.39, 0.29) is 12.5 Å². The molecule has 0 radical (unpaired) electrons. The standard InChI is InChI=1S/C25H21FN8O2/c1-34-23(31-32-24(34)21-9-10-27-15-30-21)14-28-17-6-4-5-16(11-17)25(35)29-13-18-12-22(36-33-18)19-7-2-3-8-20(19)26/h2-12,15,28H,13-14H2,1H3,(H,29,35). The predicted molar refractivity (Wildman–Crippen MR) is 129 cm³/mol. The molecule has 0 unspecified atom stereocenters. The van der Waals surface area contributed by atoms with Crippen LogP contribution in [-0.4, -0.2) is 35.8 Å². The van der Waals surface area contributed by atoms with Gasteiger partial charge in [0.05, 0.1) is 18.7 Å². The quantitative estimate of drug-likeness (QED) is 0.342. The second-order valence-electron chi connectivity index (χ2n) is 7.87. The summed E-state index contributed by atoms with van der Waals surface area (Å²) >= 11 is 0. The molecule has 1 amide bonds. The molecule has 3 heterocycles.